The summed E-state index contributed by atoms with van der Waals surface area (Å²) in [4.78, 5) is 67.5. The van der Waals surface area contributed by atoms with Gasteiger partial charge in [0.15, 0.2) is 0 Å². The minimum atomic E-state index is -5.64. The van der Waals surface area contributed by atoms with Gasteiger partial charge in [0.05, 0.1) is 0 Å². The van der Waals surface area contributed by atoms with Gasteiger partial charge in [0.2, 0.25) is 0 Å². The Hall–Kier alpha value is 1.86. The van der Waals surface area contributed by atoms with Gasteiger partial charge in [-0.1, -0.05) is 0 Å². The van der Waals surface area contributed by atoms with Crippen molar-refractivity contribution in [3.63, 3.8) is 0 Å². The van der Waals surface area contributed by atoms with Crippen LogP contribution in [0.5, 0.6) is 0 Å². The van der Waals surface area contributed by atoms with Crippen LogP contribution >= 0.6 is 31.6 Å². The van der Waals surface area contributed by atoms with Gasteiger partial charge in [-0.25, -0.2) is 16.8 Å². The molecular formula is H4F4NaO13P4V. The molecular weight excluding hydrogens is 482 g/mol. The molecule has 0 aromatic heterocycles. The van der Waals surface area contributed by atoms with Crippen molar-refractivity contribution >= 4 is 31.6 Å². The Labute approximate surface area is 159 Å². The molecule has 0 saturated heterocycles. The van der Waals surface area contributed by atoms with Crippen molar-refractivity contribution in [2.45, 2.75) is 0 Å². The third-order valence-electron chi connectivity index (χ3n) is 0. The van der Waals surface area contributed by atoms with Crippen molar-refractivity contribution < 1.29 is 128 Å². The molecule has 0 aliphatic rings. The largest absolute Gasteiger partial charge is 5.00 e. The monoisotopic (exact) mass is 486 g/mol. The van der Waals surface area contributed by atoms with Gasteiger partial charge in [-0.05, 0) is 0 Å². The van der Waals surface area contributed by atoms with Crippen LogP contribution in [0.15, 0.2) is 0 Å². The van der Waals surface area contributed by atoms with E-state index in [1.54, 1.807) is 0 Å². The van der Waals surface area contributed by atoms with Crippen LogP contribution in [-0.4, -0.2) is 0 Å². The van der Waals surface area contributed by atoms with E-state index in [1.807, 2.05) is 0 Å². The maximum Gasteiger partial charge on any atom is 5.00 e. The molecule has 0 radical (unpaired) electrons. The van der Waals surface area contributed by atoms with Crippen LogP contribution in [0, 0.1) is 0 Å². The van der Waals surface area contributed by atoms with E-state index in [1.165, 1.54) is 0 Å². The van der Waals surface area contributed by atoms with Gasteiger partial charge in [-0.15, -0.1) is 0 Å². The molecule has 4 N–H and O–H groups in total. The van der Waals surface area contributed by atoms with Crippen molar-refractivity contribution in [2.24, 2.45) is 0 Å². The average Bonchev–Trinajstić information content (AvgIpc) is 1.62. The standard InChI is InChI=1S/4FH2O3P.Na.H4O.V/c4*1-5(2,3)4;;;/h4*(H2,2,3,4);;1H4;/q;;;;+1;+2;+5/p-8. The molecule has 0 bridgehead atoms. The van der Waals surface area contributed by atoms with Crippen LogP contribution in [-0.2, 0) is 42.3 Å². The average molecular weight is 486 g/mol. The van der Waals surface area contributed by atoms with E-state index in [0.717, 1.165) is 0 Å². The predicted molar refractivity (Wildman–Crippen MR) is 41.1 cm³/mol. The van der Waals surface area contributed by atoms with Crippen molar-refractivity contribution in [1.82, 2.24) is 0 Å². The first kappa shape index (κ1) is 44.4. The zero-order chi connectivity index (χ0) is 18.0. The zero-order valence-corrected chi connectivity index (χ0v) is 17.3. The van der Waals surface area contributed by atoms with Crippen molar-refractivity contribution in [3.05, 3.63) is 0 Å². The maximum atomic E-state index is 10.1. The van der Waals surface area contributed by atoms with Crippen LogP contribution in [0.1, 0.15) is 0 Å². The molecule has 0 atom stereocenters. The quantitative estimate of drug-likeness (QED) is 0.175. The van der Waals surface area contributed by atoms with Crippen molar-refractivity contribution in [3.8, 4) is 0 Å². The molecule has 0 aromatic carbocycles. The molecule has 0 rings (SSSR count). The summed E-state index contributed by atoms with van der Waals surface area (Å²) >= 11 is 0. The first-order valence-corrected chi connectivity index (χ1v) is 8.60. The molecule has 0 heterocycles. The van der Waals surface area contributed by atoms with Gasteiger partial charge in [-0.3, -0.25) is 0 Å². The van der Waals surface area contributed by atoms with E-state index in [9.17, 15) is 16.8 Å². The predicted octanol–water partition coefficient (Wildman–Crippen LogP) is -9.05. The smallest absolute Gasteiger partial charge is 0.873 e. The molecule has 0 unspecified atom stereocenters. The molecule has 23 heavy (non-hydrogen) atoms. The van der Waals surface area contributed by atoms with Crippen LogP contribution in [0.2, 0.25) is 0 Å². The normalized spacial score (nSPS) is 10.3. The van der Waals surface area contributed by atoms with Gasteiger partial charge in [0.1, 0.15) is 31.6 Å². The van der Waals surface area contributed by atoms with Crippen LogP contribution in [0.4, 0.5) is 16.8 Å². The molecule has 0 spiro atoms. The van der Waals surface area contributed by atoms with Crippen LogP contribution < -0.4 is 68.7 Å². The summed E-state index contributed by atoms with van der Waals surface area (Å²) in [6.45, 7) is 0. The molecule has 0 aliphatic heterocycles. The molecule has 23 heteroatoms. The Balaban J connectivity index is -0.0000000284. The van der Waals surface area contributed by atoms with Crippen LogP contribution in [0.3, 0.4) is 0 Å². The van der Waals surface area contributed by atoms with Gasteiger partial charge < -0.3 is 62.9 Å². The number of hydrogen-bond acceptors (Lipinski definition) is 12. The minimum absolute atomic E-state index is 0. The Morgan fingerprint density at radius 3 is 0.478 bits per heavy atom. The molecule has 0 aliphatic carbocycles. The Bertz CT molecular complexity index is 305. The Kier molecular flexibility index (Phi) is 36.0. The summed E-state index contributed by atoms with van der Waals surface area (Å²) in [6, 6.07) is 0. The van der Waals surface area contributed by atoms with E-state index < -0.39 is 31.6 Å². The fourth-order valence-corrected chi connectivity index (χ4v) is 0. The Morgan fingerprint density at radius 2 is 0.478 bits per heavy atom. The fraction of sp³-hybridized carbons (Fsp3) is 0. The first-order chi connectivity index (χ1) is 8.00. The van der Waals surface area contributed by atoms with E-state index in [2.05, 4.69) is 0 Å². The SMILES string of the molecule is O=P([O-])([O-])F.O=P([O-])([O-])F.O=P([O-])([O-])F.O=P([O-])([O-])F.[Na+].[OH4+2].[V+5]. The third kappa shape index (κ3) is 3280. The third-order valence-corrected chi connectivity index (χ3v) is 0. The summed E-state index contributed by atoms with van der Waals surface area (Å²) in [5.41, 5.74) is 0. The van der Waals surface area contributed by atoms with E-state index in [4.69, 9.17) is 57.4 Å². The second kappa shape index (κ2) is 18.6. The summed E-state index contributed by atoms with van der Waals surface area (Å²) in [6.07, 6.45) is 0. The summed E-state index contributed by atoms with van der Waals surface area (Å²) in [5.74, 6) is 0. The van der Waals surface area contributed by atoms with Crippen molar-refractivity contribution in [1.29, 1.82) is 0 Å². The fourth-order valence-electron chi connectivity index (χ4n) is 0. The molecule has 0 aromatic rings. The summed E-state index contributed by atoms with van der Waals surface area (Å²) in [7, 11) is -22.6. The molecule has 0 saturated carbocycles. The van der Waals surface area contributed by atoms with E-state index >= 15 is 0 Å². The van der Waals surface area contributed by atoms with Crippen molar-refractivity contribution in [2.75, 3.05) is 0 Å². The number of halogens is 4. The first-order valence-electron chi connectivity index (χ1n) is 2.87. The summed E-state index contributed by atoms with van der Waals surface area (Å²) < 4.78 is 74.3. The van der Waals surface area contributed by atoms with Crippen LogP contribution in [0.25, 0.3) is 0 Å². The van der Waals surface area contributed by atoms with Gasteiger partial charge >= 0.3 is 48.1 Å². The topological polar surface area (TPSA) is 287 Å². The molecule has 136 valence electrons. The summed E-state index contributed by atoms with van der Waals surface area (Å²) in [5, 5.41) is 0. The molecule has 0 fully saturated rings. The van der Waals surface area contributed by atoms with E-state index in [-0.39, 0.29) is 53.6 Å². The van der Waals surface area contributed by atoms with Gasteiger partial charge in [0, 0.05) is 0 Å². The minimum Gasteiger partial charge on any atom is -0.873 e. The molecule has 13 nitrogen and oxygen atoms in total. The van der Waals surface area contributed by atoms with E-state index in [0.29, 0.717) is 0 Å². The van der Waals surface area contributed by atoms with Gasteiger partial charge in [-0.2, -0.15) is 0 Å². The Morgan fingerprint density at radius 1 is 0.478 bits per heavy atom. The maximum absolute atomic E-state index is 10.1. The molecule has 0 amide bonds. The zero-order valence-electron chi connectivity index (χ0n) is 10.4. The number of rotatable bonds is 0. The second-order valence-electron chi connectivity index (χ2n) is 1.72. The van der Waals surface area contributed by atoms with Gasteiger partial charge in [0.25, 0.3) is 0 Å². The number of hydrogen-bond donors (Lipinski definition) is 0. The second-order valence-corrected chi connectivity index (χ2v) is 5.17.